The number of benzene rings is 3. The van der Waals surface area contributed by atoms with Gasteiger partial charge in [0.05, 0.1) is 15.9 Å². The lowest BCUT2D eigenvalue weighted by atomic mass is 10.1. The Morgan fingerprint density at radius 3 is 2.54 bits per heavy atom. The van der Waals surface area contributed by atoms with Crippen LogP contribution in [0.3, 0.4) is 0 Å². The van der Waals surface area contributed by atoms with Crippen molar-refractivity contribution in [3.05, 3.63) is 78.4 Å². The Kier molecular flexibility index (Phi) is 4.42. The van der Waals surface area contributed by atoms with Gasteiger partial charge in [0.2, 0.25) is 10.0 Å². The fraction of sp³-hybridized carbons (Fsp3) is 0. The summed E-state index contributed by atoms with van der Waals surface area (Å²) in [5.41, 5.74) is 3.27. The van der Waals surface area contributed by atoms with Gasteiger partial charge < -0.3 is 10.3 Å². The van der Waals surface area contributed by atoms with Crippen molar-refractivity contribution in [2.24, 2.45) is 5.14 Å². The van der Waals surface area contributed by atoms with E-state index < -0.39 is 10.0 Å². The van der Waals surface area contributed by atoms with Gasteiger partial charge in [-0.05, 0) is 42.5 Å². The third-order valence-corrected chi connectivity index (χ3v) is 5.12. The number of aromatic amines is 1. The molecule has 140 valence electrons. The molecule has 4 N–H and O–H groups in total. The number of nitrogens with two attached hydrogens (primary N) is 1. The van der Waals surface area contributed by atoms with Crippen LogP contribution in [0.25, 0.3) is 22.4 Å². The smallest absolute Gasteiger partial charge is 0.255 e. The lowest BCUT2D eigenvalue weighted by Crippen LogP contribution is -2.14. The molecule has 0 fully saturated rings. The molecule has 4 rings (SSSR count). The van der Waals surface area contributed by atoms with Gasteiger partial charge >= 0.3 is 0 Å². The maximum absolute atomic E-state index is 12.6. The number of fused-ring (bicyclic) bond motifs is 1. The van der Waals surface area contributed by atoms with Gasteiger partial charge in [0.15, 0.2) is 0 Å². The van der Waals surface area contributed by atoms with Crippen molar-refractivity contribution < 1.29 is 13.2 Å². The van der Waals surface area contributed by atoms with Gasteiger partial charge in [0.25, 0.3) is 5.91 Å². The van der Waals surface area contributed by atoms with Gasteiger partial charge in [-0.25, -0.2) is 18.5 Å². The minimum absolute atomic E-state index is 0.0682. The Hall–Kier alpha value is -3.49. The number of hydrogen-bond donors (Lipinski definition) is 3. The first-order valence-corrected chi connectivity index (χ1v) is 9.94. The van der Waals surface area contributed by atoms with Crippen LogP contribution in [0.5, 0.6) is 0 Å². The number of imidazole rings is 1. The Bertz CT molecular complexity index is 1260. The van der Waals surface area contributed by atoms with Gasteiger partial charge in [-0.15, -0.1) is 0 Å². The van der Waals surface area contributed by atoms with Crippen molar-refractivity contribution in [2.75, 3.05) is 5.32 Å². The topological polar surface area (TPSA) is 118 Å². The predicted molar refractivity (Wildman–Crippen MR) is 107 cm³/mol. The number of H-pyrrole nitrogens is 1. The molecule has 8 heteroatoms. The number of aromatic nitrogens is 2. The summed E-state index contributed by atoms with van der Waals surface area (Å²) in [7, 11) is -3.85. The number of carbonyl (C=O) groups is 1. The second kappa shape index (κ2) is 6.91. The summed E-state index contributed by atoms with van der Waals surface area (Å²) >= 11 is 0. The average Bonchev–Trinajstić information content (AvgIpc) is 3.12. The summed E-state index contributed by atoms with van der Waals surface area (Å²) in [5, 5.41) is 7.82. The van der Waals surface area contributed by atoms with Crippen molar-refractivity contribution in [1.82, 2.24) is 9.97 Å². The molecular formula is C20H16N4O3S. The van der Waals surface area contributed by atoms with E-state index in [2.05, 4.69) is 15.3 Å². The molecular weight excluding hydrogens is 376 g/mol. The zero-order valence-electron chi connectivity index (χ0n) is 14.6. The molecule has 0 atom stereocenters. The van der Waals surface area contributed by atoms with E-state index in [4.69, 9.17) is 5.14 Å². The molecule has 0 saturated heterocycles. The van der Waals surface area contributed by atoms with Crippen molar-refractivity contribution in [3.63, 3.8) is 0 Å². The number of primary sulfonamides is 1. The third kappa shape index (κ3) is 3.64. The first kappa shape index (κ1) is 17.9. The second-order valence-electron chi connectivity index (χ2n) is 6.21. The summed E-state index contributed by atoms with van der Waals surface area (Å²) in [4.78, 5) is 20.3. The highest BCUT2D eigenvalue weighted by Gasteiger charge is 2.12. The molecule has 1 amide bonds. The van der Waals surface area contributed by atoms with Crippen LogP contribution in [-0.2, 0) is 10.0 Å². The van der Waals surface area contributed by atoms with Crippen LogP contribution in [0.1, 0.15) is 10.4 Å². The molecule has 0 radical (unpaired) electrons. The minimum atomic E-state index is -3.85. The van der Waals surface area contributed by atoms with E-state index in [1.807, 2.05) is 30.3 Å². The van der Waals surface area contributed by atoms with Crippen molar-refractivity contribution in [3.8, 4) is 11.4 Å². The quantitative estimate of drug-likeness (QED) is 0.494. The van der Waals surface area contributed by atoms with Crippen LogP contribution >= 0.6 is 0 Å². The van der Waals surface area contributed by atoms with Gasteiger partial charge in [0, 0.05) is 16.8 Å². The van der Waals surface area contributed by atoms with Crippen molar-refractivity contribution in [1.29, 1.82) is 0 Å². The van der Waals surface area contributed by atoms with Crippen molar-refractivity contribution >= 4 is 32.7 Å². The number of nitrogens with zero attached hydrogens (tertiary/aromatic N) is 1. The van der Waals surface area contributed by atoms with Gasteiger partial charge in [-0.2, -0.15) is 0 Å². The number of rotatable bonds is 4. The van der Waals surface area contributed by atoms with E-state index >= 15 is 0 Å². The van der Waals surface area contributed by atoms with E-state index in [1.165, 1.54) is 18.2 Å². The highest BCUT2D eigenvalue weighted by molar-refractivity contribution is 7.89. The van der Waals surface area contributed by atoms with Gasteiger partial charge in [-0.3, -0.25) is 4.79 Å². The highest BCUT2D eigenvalue weighted by atomic mass is 32.2. The van der Waals surface area contributed by atoms with Gasteiger partial charge in [-0.1, -0.05) is 30.3 Å². The molecule has 0 aliphatic heterocycles. The lowest BCUT2D eigenvalue weighted by Gasteiger charge is -2.07. The van der Waals surface area contributed by atoms with E-state index in [0.717, 1.165) is 16.6 Å². The summed E-state index contributed by atoms with van der Waals surface area (Å²) in [6.07, 6.45) is 0. The molecule has 3 aromatic carbocycles. The Balaban J connectivity index is 1.61. The number of hydrogen-bond acceptors (Lipinski definition) is 4. The third-order valence-electron chi connectivity index (χ3n) is 4.21. The van der Waals surface area contributed by atoms with E-state index in [0.29, 0.717) is 17.1 Å². The number of nitrogens with one attached hydrogen (secondary N) is 2. The van der Waals surface area contributed by atoms with Crippen LogP contribution < -0.4 is 10.5 Å². The Morgan fingerprint density at radius 2 is 1.75 bits per heavy atom. The van der Waals surface area contributed by atoms with Crippen LogP contribution in [0.2, 0.25) is 0 Å². The Labute approximate surface area is 161 Å². The molecule has 0 bridgehead atoms. The van der Waals surface area contributed by atoms with Crippen LogP contribution in [0.4, 0.5) is 5.69 Å². The molecule has 4 aromatic rings. The predicted octanol–water partition coefficient (Wildman–Crippen LogP) is 3.13. The first-order chi connectivity index (χ1) is 13.4. The molecule has 0 aliphatic rings. The summed E-state index contributed by atoms with van der Waals surface area (Å²) in [6, 6.07) is 20.5. The van der Waals surface area contributed by atoms with Crippen LogP contribution in [0.15, 0.2) is 77.7 Å². The largest absolute Gasteiger partial charge is 0.338 e. The molecule has 7 nitrogen and oxygen atoms in total. The highest BCUT2D eigenvalue weighted by Crippen LogP contribution is 2.22. The average molecular weight is 392 g/mol. The summed E-state index contributed by atoms with van der Waals surface area (Å²) in [5.74, 6) is 0.289. The maximum atomic E-state index is 12.6. The number of amides is 1. The summed E-state index contributed by atoms with van der Waals surface area (Å²) < 4.78 is 22.9. The first-order valence-electron chi connectivity index (χ1n) is 8.39. The lowest BCUT2D eigenvalue weighted by molar-refractivity contribution is 0.102. The number of para-hydroxylation sites is 2. The SMILES string of the molecule is NS(=O)(=O)c1cccc(NC(=O)c2cccc(-c3nc4ccccc4[nH]3)c2)c1. The molecule has 0 unspecified atom stereocenters. The van der Waals surface area contributed by atoms with E-state index in [-0.39, 0.29) is 10.8 Å². The summed E-state index contributed by atoms with van der Waals surface area (Å²) in [6.45, 7) is 0. The monoisotopic (exact) mass is 392 g/mol. The standard InChI is InChI=1S/C20H16N4O3S/c21-28(26,27)16-8-4-7-15(12-16)22-20(25)14-6-3-5-13(11-14)19-23-17-9-1-2-10-18(17)24-19/h1-12H,(H,22,25)(H,23,24)(H2,21,26,27). The van der Waals surface area contributed by atoms with E-state index in [1.54, 1.807) is 24.3 Å². The van der Waals surface area contributed by atoms with Crippen LogP contribution in [-0.4, -0.2) is 24.3 Å². The molecule has 0 aliphatic carbocycles. The molecule has 0 saturated carbocycles. The fourth-order valence-electron chi connectivity index (χ4n) is 2.85. The van der Waals surface area contributed by atoms with Gasteiger partial charge in [0.1, 0.15) is 5.82 Å². The molecule has 1 heterocycles. The Morgan fingerprint density at radius 1 is 0.964 bits per heavy atom. The van der Waals surface area contributed by atoms with Crippen molar-refractivity contribution in [2.45, 2.75) is 4.90 Å². The minimum Gasteiger partial charge on any atom is -0.338 e. The molecule has 28 heavy (non-hydrogen) atoms. The van der Waals surface area contributed by atoms with E-state index in [9.17, 15) is 13.2 Å². The second-order valence-corrected chi connectivity index (χ2v) is 7.77. The maximum Gasteiger partial charge on any atom is 0.255 e. The molecule has 1 aromatic heterocycles. The number of carbonyl (C=O) groups excluding carboxylic acids is 1. The normalized spacial score (nSPS) is 11.5. The number of anilines is 1. The zero-order valence-corrected chi connectivity index (χ0v) is 15.4. The number of sulfonamides is 1. The fourth-order valence-corrected chi connectivity index (χ4v) is 3.41. The molecule has 0 spiro atoms. The zero-order chi connectivity index (χ0) is 19.7. The van der Waals surface area contributed by atoms with Crippen LogP contribution in [0, 0.1) is 0 Å².